The van der Waals surface area contributed by atoms with Gasteiger partial charge in [0.15, 0.2) is 0 Å². The van der Waals surface area contributed by atoms with Gasteiger partial charge < -0.3 is 5.32 Å². The molecule has 6 heteroatoms. The van der Waals surface area contributed by atoms with Gasteiger partial charge in [0.05, 0.1) is 17.5 Å². The van der Waals surface area contributed by atoms with Crippen LogP contribution in [0.1, 0.15) is 17.2 Å². The van der Waals surface area contributed by atoms with Crippen molar-refractivity contribution in [2.75, 3.05) is 4.90 Å². The number of carbonyl (C=O) groups is 2. The lowest BCUT2D eigenvalue weighted by atomic mass is 9.85. The lowest BCUT2D eigenvalue weighted by Crippen LogP contribution is -2.40. The Bertz CT molecular complexity index is 1070. The molecule has 5 rings (SSSR count). The monoisotopic (exact) mass is 461 g/mol. The molecular weight excluding hydrogens is 442 g/mol. The van der Waals surface area contributed by atoms with Crippen LogP contribution in [-0.4, -0.2) is 22.8 Å². The highest BCUT2D eigenvalue weighted by Gasteiger charge is 2.59. The van der Waals surface area contributed by atoms with Gasteiger partial charge in [0, 0.05) is 29.0 Å². The third kappa shape index (κ3) is 3.26. The molecule has 3 heterocycles. The highest BCUT2D eigenvalue weighted by molar-refractivity contribution is 9.10. The van der Waals surface area contributed by atoms with Crippen LogP contribution in [0.5, 0.6) is 0 Å². The van der Waals surface area contributed by atoms with E-state index in [1.807, 2.05) is 42.5 Å². The molecule has 150 valence electrons. The van der Waals surface area contributed by atoms with Crippen molar-refractivity contribution in [3.63, 3.8) is 0 Å². The molecule has 0 saturated carbocycles. The first-order valence-electron chi connectivity index (χ1n) is 9.97. The molecule has 2 aromatic carbocycles. The molecular formula is C24H20BrN3O2. The van der Waals surface area contributed by atoms with E-state index in [1.165, 1.54) is 4.90 Å². The van der Waals surface area contributed by atoms with E-state index in [9.17, 15) is 9.59 Å². The molecule has 5 nitrogen and oxygen atoms in total. The number of halogens is 1. The Morgan fingerprint density at radius 1 is 0.900 bits per heavy atom. The Hall–Kier alpha value is -2.83. The Balaban J connectivity index is 1.53. The van der Waals surface area contributed by atoms with Crippen molar-refractivity contribution < 1.29 is 9.59 Å². The normalized spacial score (nSPS) is 25.6. The first-order valence-corrected chi connectivity index (χ1v) is 10.8. The predicted molar refractivity (Wildman–Crippen MR) is 118 cm³/mol. The number of carbonyl (C=O) groups excluding carboxylic acids is 2. The number of hydrogen-bond donors (Lipinski definition) is 1. The zero-order chi connectivity index (χ0) is 20.7. The van der Waals surface area contributed by atoms with Crippen molar-refractivity contribution in [1.82, 2.24) is 10.3 Å². The topological polar surface area (TPSA) is 62.3 Å². The molecule has 2 saturated heterocycles. The number of nitrogens with zero attached hydrogens (tertiary/aromatic N) is 2. The van der Waals surface area contributed by atoms with E-state index in [-0.39, 0.29) is 23.9 Å². The van der Waals surface area contributed by atoms with Gasteiger partial charge in [-0.05, 0) is 47.9 Å². The van der Waals surface area contributed by atoms with Crippen LogP contribution in [0.3, 0.4) is 0 Å². The smallest absolute Gasteiger partial charge is 0.239 e. The van der Waals surface area contributed by atoms with Gasteiger partial charge in [-0.3, -0.25) is 14.6 Å². The molecule has 2 aliphatic heterocycles. The Morgan fingerprint density at radius 2 is 1.63 bits per heavy atom. The number of aromatic nitrogens is 1. The van der Waals surface area contributed by atoms with Crippen LogP contribution >= 0.6 is 15.9 Å². The second kappa shape index (κ2) is 7.78. The number of anilines is 1. The Labute approximate surface area is 183 Å². The van der Waals surface area contributed by atoms with E-state index in [0.717, 1.165) is 15.6 Å². The molecule has 0 radical (unpaired) electrons. The van der Waals surface area contributed by atoms with Crippen LogP contribution in [0.25, 0.3) is 0 Å². The number of amides is 2. The maximum atomic E-state index is 13.5. The number of pyridine rings is 1. The van der Waals surface area contributed by atoms with Crippen LogP contribution in [0, 0.1) is 11.8 Å². The quantitative estimate of drug-likeness (QED) is 0.598. The molecule has 1 aromatic heterocycles. The van der Waals surface area contributed by atoms with Crippen LogP contribution in [0.4, 0.5) is 5.69 Å². The van der Waals surface area contributed by atoms with Crippen molar-refractivity contribution >= 4 is 33.4 Å². The summed E-state index contributed by atoms with van der Waals surface area (Å²) in [6.07, 6.45) is 4.18. The number of rotatable bonds is 4. The minimum Gasteiger partial charge on any atom is -0.305 e. The van der Waals surface area contributed by atoms with E-state index >= 15 is 0 Å². The van der Waals surface area contributed by atoms with Gasteiger partial charge in [0.1, 0.15) is 0 Å². The summed E-state index contributed by atoms with van der Waals surface area (Å²) < 4.78 is 0.905. The van der Waals surface area contributed by atoms with Crippen molar-refractivity contribution in [2.45, 2.75) is 18.5 Å². The maximum absolute atomic E-state index is 13.5. The minimum atomic E-state index is -0.445. The summed E-state index contributed by atoms with van der Waals surface area (Å²) >= 11 is 3.41. The van der Waals surface area contributed by atoms with Crippen molar-refractivity contribution in [1.29, 1.82) is 0 Å². The highest BCUT2D eigenvalue weighted by Crippen LogP contribution is 2.45. The number of imide groups is 1. The van der Waals surface area contributed by atoms with E-state index in [2.05, 4.69) is 38.4 Å². The second-order valence-electron chi connectivity index (χ2n) is 7.77. The fourth-order valence-corrected chi connectivity index (χ4v) is 4.95. The van der Waals surface area contributed by atoms with Crippen molar-refractivity contribution in [3.8, 4) is 0 Å². The summed E-state index contributed by atoms with van der Waals surface area (Å²) in [5.41, 5.74) is 2.69. The average Bonchev–Trinajstić information content (AvgIpc) is 3.27. The fourth-order valence-electron chi connectivity index (χ4n) is 4.69. The number of benzene rings is 2. The van der Waals surface area contributed by atoms with Crippen LogP contribution in [-0.2, 0) is 16.0 Å². The van der Waals surface area contributed by atoms with Gasteiger partial charge in [-0.1, -0.05) is 52.3 Å². The molecule has 2 aliphatic rings. The molecule has 0 unspecified atom stereocenters. The third-order valence-corrected chi connectivity index (χ3v) is 6.54. The first-order chi connectivity index (χ1) is 14.6. The summed E-state index contributed by atoms with van der Waals surface area (Å²) in [5, 5.41) is 3.58. The van der Waals surface area contributed by atoms with Gasteiger partial charge in [0.2, 0.25) is 11.8 Å². The summed E-state index contributed by atoms with van der Waals surface area (Å²) in [6.45, 7) is 0. The average molecular weight is 462 g/mol. The standard InChI is InChI=1S/C24H20BrN3O2/c25-17-8-10-18(11-9-17)28-23(29)20-19(13-15-5-2-1-3-6-15)27-22(21(20)24(28)30)16-7-4-12-26-14-16/h1-12,14,19-22,27H,13H2/t19-,20+,21-,22-/m0/s1. The third-order valence-electron chi connectivity index (χ3n) is 6.01. The maximum Gasteiger partial charge on any atom is 0.239 e. The molecule has 2 amide bonds. The molecule has 0 bridgehead atoms. The molecule has 30 heavy (non-hydrogen) atoms. The van der Waals surface area contributed by atoms with Crippen molar-refractivity contribution in [3.05, 3.63) is 94.7 Å². The molecule has 3 aromatic rings. The lowest BCUT2D eigenvalue weighted by molar-refractivity contribution is -0.123. The number of hydrogen-bond acceptors (Lipinski definition) is 4. The number of fused-ring (bicyclic) bond motifs is 1. The fraction of sp³-hybridized carbons (Fsp3) is 0.208. The largest absolute Gasteiger partial charge is 0.305 e. The Morgan fingerprint density at radius 3 is 2.33 bits per heavy atom. The van der Waals surface area contributed by atoms with Gasteiger partial charge in [-0.25, -0.2) is 4.90 Å². The molecule has 4 atom stereocenters. The van der Waals surface area contributed by atoms with Crippen LogP contribution in [0.15, 0.2) is 83.6 Å². The Kier molecular flexibility index (Phi) is 4.97. The second-order valence-corrected chi connectivity index (χ2v) is 8.68. The van der Waals surface area contributed by atoms with E-state index in [0.29, 0.717) is 12.1 Å². The van der Waals surface area contributed by atoms with Crippen LogP contribution in [0.2, 0.25) is 0 Å². The highest BCUT2D eigenvalue weighted by atomic mass is 79.9. The first kappa shape index (κ1) is 19.2. The zero-order valence-corrected chi connectivity index (χ0v) is 17.7. The van der Waals surface area contributed by atoms with E-state index < -0.39 is 11.8 Å². The SMILES string of the molecule is O=C1[C@H]2[C@H](C(=O)N1c1ccc(Br)cc1)[C@H](c1cccnc1)N[C@H]2Cc1ccccc1. The lowest BCUT2D eigenvalue weighted by Gasteiger charge is -2.22. The summed E-state index contributed by atoms with van der Waals surface area (Å²) in [6, 6.07) is 20.9. The molecule has 0 spiro atoms. The van der Waals surface area contributed by atoms with Gasteiger partial charge in [-0.2, -0.15) is 0 Å². The summed E-state index contributed by atoms with van der Waals surface area (Å²) in [7, 11) is 0. The van der Waals surface area contributed by atoms with Gasteiger partial charge in [-0.15, -0.1) is 0 Å². The summed E-state index contributed by atoms with van der Waals surface area (Å²) in [5.74, 6) is -1.14. The molecule has 1 N–H and O–H groups in total. The molecule has 2 fully saturated rings. The van der Waals surface area contributed by atoms with Gasteiger partial charge >= 0.3 is 0 Å². The number of nitrogens with one attached hydrogen (secondary N) is 1. The molecule has 0 aliphatic carbocycles. The van der Waals surface area contributed by atoms with Crippen LogP contribution < -0.4 is 10.2 Å². The van der Waals surface area contributed by atoms with Crippen molar-refractivity contribution in [2.24, 2.45) is 11.8 Å². The zero-order valence-electron chi connectivity index (χ0n) is 16.1. The van der Waals surface area contributed by atoms with E-state index in [4.69, 9.17) is 0 Å². The van der Waals surface area contributed by atoms with Gasteiger partial charge in [0.25, 0.3) is 0 Å². The minimum absolute atomic E-state index is 0.125. The predicted octanol–water partition coefficient (Wildman–Crippen LogP) is 3.91. The van der Waals surface area contributed by atoms with E-state index in [1.54, 1.807) is 24.5 Å². The summed E-state index contributed by atoms with van der Waals surface area (Å²) in [4.78, 5) is 32.6.